The average molecular weight is 469 g/mol. The van der Waals surface area contributed by atoms with Gasteiger partial charge in [-0.05, 0) is 53.8 Å². The van der Waals surface area contributed by atoms with Gasteiger partial charge in [-0.15, -0.1) is 0 Å². The van der Waals surface area contributed by atoms with Gasteiger partial charge in [0.15, 0.2) is 0 Å². The molecule has 2 aromatic heterocycles. The number of rotatable bonds is 9. The maximum Gasteiger partial charge on any atom is 0.268 e. The van der Waals surface area contributed by atoms with Gasteiger partial charge >= 0.3 is 0 Å². The van der Waals surface area contributed by atoms with Crippen LogP contribution < -0.4 is 16.6 Å². The highest BCUT2D eigenvalue weighted by molar-refractivity contribution is 5.93. The number of aromatic nitrogens is 2. The van der Waals surface area contributed by atoms with Crippen molar-refractivity contribution < 1.29 is 4.79 Å². The number of carbonyl (C=O) groups excluding carboxylic acids is 1. The fourth-order valence-corrected chi connectivity index (χ4v) is 4.32. The van der Waals surface area contributed by atoms with E-state index in [1.165, 1.54) is 0 Å². The molecule has 35 heavy (non-hydrogen) atoms. The molecule has 1 amide bonds. The molecule has 2 aromatic carbocycles. The zero-order valence-corrected chi connectivity index (χ0v) is 20.3. The predicted octanol–water partition coefficient (Wildman–Crippen LogP) is 4.01. The van der Waals surface area contributed by atoms with Crippen molar-refractivity contribution in [2.75, 3.05) is 0 Å². The molecule has 2 heterocycles. The Bertz CT molecular complexity index is 1350. The Labute approximate surface area is 206 Å². The molecule has 6 heteroatoms. The molecule has 0 aliphatic carbocycles. The quantitative estimate of drug-likeness (QED) is 0.389. The van der Waals surface area contributed by atoms with E-state index in [9.17, 15) is 9.59 Å². The van der Waals surface area contributed by atoms with E-state index in [2.05, 4.69) is 48.0 Å². The predicted molar refractivity (Wildman–Crippen MR) is 139 cm³/mol. The minimum atomic E-state index is -0.0762. The summed E-state index contributed by atoms with van der Waals surface area (Å²) in [4.78, 5) is 25.0. The number of carbonyl (C=O) groups is 1. The second-order valence-corrected chi connectivity index (χ2v) is 8.77. The fourth-order valence-electron chi connectivity index (χ4n) is 4.32. The van der Waals surface area contributed by atoms with E-state index < -0.39 is 0 Å². The lowest BCUT2D eigenvalue weighted by molar-refractivity contribution is 0.0941. The molecule has 4 rings (SSSR count). The minimum absolute atomic E-state index is 0.00801. The zero-order valence-electron chi connectivity index (χ0n) is 20.3. The van der Waals surface area contributed by atoms with Crippen LogP contribution in [0.5, 0.6) is 0 Å². The van der Waals surface area contributed by atoms with Crippen molar-refractivity contribution in [3.05, 3.63) is 129 Å². The van der Waals surface area contributed by atoms with Crippen molar-refractivity contribution in [2.45, 2.75) is 46.4 Å². The maximum absolute atomic E-state index is 13.0. The maximum atomic E-state index is 13.0. The molecule has 0 saturated carbocycles. The van der Waals surface area contributed by atoms with Crippen LogP contribution >= 0.6 is 0 Å². The lowest BCUT2D eigenvalue weighted by atomic mass is 10.1. The number of hydrogen-bond acceptors (Lipinski definition) is 3. The SMILES string of the molecule is CCn1c(C(=O)NCc2ccc(CN)cc2)cc(C)c1Cc1ccc(Cn2ccccc2=O)cc1. The summed E-state index contributed by atoms with van der Waals surface area (Å²) < 4.78 is 3.79. The summed E-state index contributed by atoms with van der Waals surface area (Å²) >= 11 is 0. The van der Waals surface area contributed by atoms with Crippen LogP contribution in [-0.2, 0) is 32.6 Å². The topological polar surface area (TPSA) is 82.0 Å². The van der Waals surface area contributed by atoms with Gasteiger partial charge in [-0.25, -0.2) is 0 Å². The Morgan fingerprint density at radius 2 is 1.57 bits per heavy atom. The van der Waals surface area contributed by atoms with Gasteiger partial charge in [0, 0.05) is 44.0 Å². The molecule has 6 nitrogen and oxygen atoms in total. The van der Waals surface area contributed by atoms with Gasteiger partial charge in [-0.2, -0.15) is 0 Å². The van der Waals surface area contributed by atoms with Gasteiger partial charge in [0.25, 0.3) is 11.5 Å². The van der Waals surface area contributed by atoms with E-state index in [1.54, 1.807) is 22.9 Å². The first kappa shape index (κ1) is 24.2. The first-order chi connectivity index (χ1) is 17.0. The molecular formula is C29H32N4O2. The van der Waals surface area contributed by atoms with Gasteiger partial charge in [-0.3, -0.25) is 9.59 Å². The highest BCUT2D eigenvalue weighted by atomic mass is 16.2. The van der Waals surface area contributed by atoms with Crippen LogP contribution in [0.15, 0.2) is 83.8 Å². The third-order valence-electron chi connectivity index (χ3n) is 6.33. The molecule has 0 unspecified atom stereocenters. The summed E-state index contributed by atoms with van der Waals surface area (Å²) in [7, 11) is 0. The summed E-state index contributed by atoms with van der Waals surface area (Å²) in [5.41, 5.74) is 12.9. The Balaban J connectivity index is 1.45. The van der Waals surface area contributed by atoms with Gasteiger partial charge < -0.3 is 20.2 Å². The number of nitrogens with one attached hydrogen (secondary N) is 1. The van der Waals surface area contributed by atoms with Crippen molar-refractivity contribution in [1.29, 1.82) is 0 Å². The van der Waals surface area contributed by atoms with Crippen molar-refractivity contribution in [3.63, 3.8) is 0 Å². The van der Waals surface area contributed by atoms with Crippen LogP contribution in [-0.4, -0.2) is 15.0 Å². The molecule has 3 N–H and O–H groups in total. The molecule has 0 atom stereocenters. The lowest BCUT2D eigenvalue weighted by Gasteiger charge is -2.13. The molecule has 0 fully saturated rings. The van der Waals surface area contributed by atoms with Gasteiger partial charge in [0.05, 0.1) is 6.54 Å². The molecule has 4 aromatic rings. The Morgan fingerprint density at radius 1 is 0.914 bits per heavy atom. The molecule has 0 spiro atoms. The zero-order chi connectivity index (χ0) is 24.8. The van der Waals surface area contributed by atoms with Crippen LogP contribution in [0.3, 0.4) is 0 Å². The highest BCUT2D eigenvalue weighted by Crippen LogP contribution is 2.20. The summed E-state index contributed by atoms with van der Waals surface area (Å²) in [5, 5.41) is 3.05. The van der Waals surface area contributed by atoms with E-state index in [0.717, 1.165) is 39.9 Å². The van der Waals surface area contributed by atoms with E-state index >= 15 is 0 Å². The van der Waals surface area contributed by atoms with Crippen molar-refractivity contribution in [2.24, 2.45) is 5.73 Å². The highest BCUT2D eigenvalue weighted by Gasteiger charge is 2.17. The minimum Gasteiger partial charge on any atom is -0.347 e. The molecule has 0 aliphatic rings. The van der Waals surface area contributed by atoms with Gasteiger partial charge in [0.1, 0.15) is 5.69 Å². The second kappa shape index (κ2) is 11.0. The molecule has 0 aliphatic heterocycles. The smallest absolute Gasteiger partial charge is 0.268 e. The van der Waals surface area contributed by atoms with Gasteiger partial charge in [-0.1, -0.05) is 54.6 Å². The van der Waals surface area contributed by atoms with Crippen molar-refractivity contribution >= 4 is 5.91 Å². The average Bonchev–Trinajstić information content (AvgIpc) is 3.20. The van der Waals surface area contributed by atoms with Crippen LogP contribution in [0.2, 0.25) is 0 Å². The van der Waals surface area contributed by atoms with E-state index in [1.807, 2.05) is 36.4 Å². The number of amides is 1. The number of nitrogens with two attached hydrogens (primary N) is 1. The summed E-state index contributed by atoms with van der Waals surface area (Å²) in [6.07, 6.45) is 2.54. The summed E-state index contributed by atoms with van der Waals surface area (Å²) in [6.45, 7) is 6.36. The fraction of sp³-hybridized carbons (Fsp3) is 0.241. The van der Waals surface area contributed by atoms with Crippen LogP contribution in [0.1, 0.15) is 50.9 Å². The van der Waals surface area contributed by atoms with Crippen molar-refractivity contribution in [3.8, 4) is 0 Å². The van der Waals surface area contributed by atoms with Gasteiger partial charge in [0.2, 0.25) is 0 Å². The Kier molecular flexibility index (Phi) is 7.63. The number of hydrogen-bond donors (Lipinski definition) is 2. The third kappa shape index (κ3) is 5.78. The molecule has 180 valence electrons. The number of aryl methyl sites for hydroxylation is 1. The Morgan fingerprint density at radius 3 is 2.23 bits per heavy atom. The first-order valence-electron chi connectivity index (χ1n) is 12.0. The monoisotopic (exact) mass is 468 g/mol. The van der Waals surface area contributed by atoms with E-state index in [-0.39, 0.29) is 11.5 Å². The summed E-state index contributed by atoms with van der Waals surface area (Å²) in [5.74, 6) is -0.0762. The lowest BCUT2D eigenvalue weighted by Crippen LogP contribution is -2.25. The number of nitrogens with zero attached hydrogens (tertiary/aromatic N) is 2. The summed E-state index contributed by atoms with van der Waals surface area (Å²) in [6, 6.07) is 23.4. The standard InChI is InChI=1S/C29H32N4O2/c1-3-33-26(17-22-7-13-25(14-8-22)20-32-15-5-4-6-28(32)34)21(2)16-27(33)29(35)31-19-24-11-9-23(18-30)10-12-24/h4-16H,3,17-20,30H2,1-2H3,(H,31,35). The first-order valence-corrected chi connectivity index (χ1v) is 12.0. The number of pyridine rings is 1. The largest absolute Gasteiger partial charge is 0.347 e. The Hall–Kier alpha value is -3.90. The van der Waals surface area contributed by atoms with E-state index in [4.69, 9.17) is 5.73 Å². The van der Waals surface area contributed by atoms with Crippen LogP contribution in [0.25, 0.3) is 0 Å². The molecule has 0 saturated heterocycles. The molecule has 0 bridgehead atoms. The second-order valence-electron chi connectivity index (χ2n) is 8.77. The van der Waals surface area contributed by atoms with E-state index in [0.29, 0.717) is 31.9 Å². The van der Waals surface area contributed by atoms with Crippen LogP contribution in [0, 0.1) is 6.92 Å². The van der Waals surface area contributed by atoms with Crippen molar-refractivity contribution in [1.82, 2.24) is 14.5 Å². The normalized spacial score (nSPS) is 10.9. The van der Waals surface area contributed by atoms with Crippen LogP contribution in [0.4, 0.5) is 0 Å². The number of benzene rings is 2. The molecular weight excluding hydrogens is 436 g/mol. The molecule has 0 radical (unpaired) electrons. The third-order valence-corrected chi connectivity index (χ3v) is 6.33.